The van der Waals surface area contributed by atoms with Crippen LogP contribution in [0.5, 0.6) is 11.5 Å². The van der Waals surface area contributed by atoms with E-state index >= 15 is 0 Å². The molecular weight excluding hydrogens is 543 g/mol. The van der Waals surface area contributed by atoms with Crippen molar-refractivity contribution < 1.29 is 33.2 Å². The molecule has 1 aromatic carbocycles. The van der Waals surface area contributed by atoms with E-state index in [1.807, 2.05) is 11.0 Å². The van der Waals surface area contributed by atoms with Gasteiger partial charge < -0.3 is 33.3 Å². The first kappa shape index (κ1) is 31.1. The summed E-state index contributed by atoms with van der Waals surface area (Å²) in [6, 6.07) is 6.26. The van der Waals surface area contributed by atoms with Crippen molar-refractivity contribution in [2.75, 3.05) is 47.6 Å². The number of fused-ring (bicyclic) bond motifs is 1. The Morgan fingerprint density at radius 2 is 1.55 bits per heavy atom. The molecule has 4 rings (SSSR count). The predicted molar refractivity (Wildman–Crippen MR) is 161 cm³/mol. The number of rotatable bonds is 14. The molecule has 10 heteroatoms. The lowest BCUT2D eigenvalue weighted by molar-refractivity contribution is -0.132. The summed E-state index contributed by atoms with van der Waals surface area (Å²) >= 11 is 0. The number of ether oxygens (including phenoxy) is 6. The molecule has 1 aliphatic carbocycles. The molecule has 1 unspecified atom stereocenters. The average molecular weight is 592 g/mol. The minimum absolute atomic E-state index is 0.0456. The molecule has 1 amide bonds. The van der Waals surface area contributed by atoms with E-state index in [9.17, 15) is 4.79 Å². The second-order valence-electron chi connectivity index (χ2n) is 13.6. The fraction of sp³-hybridized carbons (Fsp3) is 0.700. The lowest BCUT2D eigenvalue weighted by atomic mass is 9.69. The Hall–Kier alpha value is -1.86. The summed E-state index contributed by atoms with van der Waals surface area (Å²) in [5.41, 5.74) is 1.64. The van der Waals surface area contributed by atoms with Crippen molar-refractivity contribution in [2.45, 2.75) is 82.3 Å². The third-order valence-corrected chi connectivity index (χ3v) is 11.7. The molecule has 0 aromatic heterocycles. The van der Waals surface area contributed by atoms with E-state index in [1.54, 1.807) is 14.2 Å². The molecule has 224 valence electrons. The lowest BCUT2D eigenvalue weighted by Crippen LogP contribution is -2.52. The van der Waals surface area contributed by atoms with Gasteiger partial charge in [0.05, 0.1) is 19.8 Å². The monoisotopic (exact) mass is 591 g/mol. The number of carbonyl (C=O) groups is 1. The van der Waals surface area contributed by atoms with Crippen LogP contribution in [-0.2, 0) is 35.7 Å². The predicted octanol–water partition coefficient (Wildman–Crippen LogP) is 5.62. The molecule has 0 saturated carbocycles. The molecule has 3 aliphatic rings. The first-order chi connectivity index (χ1) is 18.9. The van der Waals surface area contributed by atoms with Crippen LogP contribution in [0.15, 0.2) is 24.0 Å². The molecule has 0 radical (unpaired) electrons. The van der Waals surface area contributed by atoms with E-state index in [0.29, 0.717) is 49.9 Å². The molecule has 1 fully saturated rings. The van der Waals surface area contributed by atoms with Crippen molar-refractivity contribution in [2.24, 2.45) is 5.92 Å². The molecule has 1 aromatic rings. The normalized spacial score (nSPS) is 24.2. The van der Waals surface area contributed by atoms with Crippen molar-refractivity contribution in [3.63, 3.8) is 0 Å². The molecule has 2 heterocycles. The number of nitrogens with zero attached hydrogens (tertiary/aromatic N) is 1. The Kier molecular flexibility index (Phi) is 9.77. The van der Waals surface area contributed by atoms with Crippen LogP contribution in [0.3, 0.4) is 0 Å². The van der Waals surface area contributed by atoms with Gasteiger partial charge in [0.1, 0.15) is 18.7 Å². The second-order valence-corrected chi connectivity index (χ2v) is 24.9. The Bertz CT molecular complexity index is 1080. The van der Waals surface area contributed by atoms with Gasteiger partial charge in [0.2, 0.25) is 5.91 Å². The minimum atomic E-state index is -1.21. The maximum atomic E-state index is 13.4. The lowest BCUT2D eigenvalue weighted by Gasteiger charge is -2.48. The zero-order valence-electron chi connectivity index (χ0n) is 25.8. The quantitative estimate of drug-likeness (QED) is 0.158. The third kappa shape index (κ3) is 6.95. The van der Waals surface area contributed by atoms with Crippen LogP contribution in [-0.4, -0.2) is 80.6 Å². The van der Waals surface area contributed by atoms with Gasteiger partial charge in [-0.05, 0) is 54.3 Å². The van der Waals surface area contributed by atoms with E-state index < -0.39 is 21.7 Å². The molecule has 1 saturated heterocycles. The number of carbonyl (C=O) groups excluding carboxylic acids is 1. The highest BCUT2D eigenvalue weighted by Gasteiger charge is 2.58. The summed E-state index contributed by atoms with van der Waals surface area (Å²) in [7, 11) is 0.911. The zero-order valence-corrected chi connectivity index (χ0v) is 27.8. The zero-order chi connectivity index (χ0) is 29.1. The third-order valence-electron chi connectivity index (χ3n) is 8.27. The van der Waals surface area contributed by atoms with Crippen LogP contribution in [0.1, 0.15) is 24.0 Å². The Balaban J connectivity index is 1.62. The van der Waals surface area contributed by atoms with Crippen LogP contribution in [0.25, 0.3) is 0 Å². The molecule has 8 nitrogen and oxygen atoms in total. The number of methoxy groups -OCH3 is 2. The summed E-state index contributed by atoms with van der Waals surface area (Å²) in [6.07, 6.45) is 3.73. The average Bonchev–Trinajstić information content (AvgIpc) is 3.17. The van der Waals surface area contributed by atoms with Gasteiger partial charge in [0.15, 0.2) is 18.3 Å². The molecule has 3 atom stereocenters. The summed E-state index contributed by atoms with van der Waals surface area (Å²) in [4.78, 5) is 15.4. The second kappa shape index (κ2) is 12.6. The van der Waals surface area contributed by atoms with Gasteiger partial charge >= 0.3 is 0 Å². The molecule has 0 bridgehead atoms. The van der Waals surface area contributed by atoms with Crippen molar-refractivity contribution in [3.05, 3.63) is 35.1 Å². The molecule has 1 spiro atoms. The van der Waals surface area contributed by atoms with Crippen molar-refractivity contribution in [3.8, 4) is 11.5 Å². The number of hydrogen-bond donors (Lipinski definition) is 0. The molecule has 40 heavy (non-hydrogen) atoms. The van der Waals surface area contributed by atoms with E-state index in [0.717, 1.165) is 24.1 Å². The van der Waals surface area contributed by atoms with Gasteiger partial charge in [-0.15, -0.1) is 0 Å². The Morgan fingerprint density at radius 1 is 0.925 bits per heavy atom. The topological polar surface area (TPSA) is 75.7 Å². The van der Waals surface area contributed by atoms with Crippen LogP contribution in [0.4, 0.5) is 0 Å². The maximum absolute atomic E-state index is 13.4. The molecule has 0 N–H and O–H groups in total. The van der Waals surface area contributed by atoms with E-state index in [-0.39, 0.29) is 31.5 Å². The first-order valence-electron chi connectivity index (χ1n) is 14.6. The van der Waals surface area contributed by atoms with Gasteiger partial charge in [0.25, 0.3) is 0 Å². The smallest absolute Gasteiger partial charge is 0.223 e. The molecule has 2 aliphatic heterocycles. The fourth-order valence-corrected chi connectivity index (χ4v) is 7.44. The summed E-state index contributed by atoms with van der Waals surface area (Å²) in [6.45, 7) is 16.4. The summed E-state index contributed by atoms with van der Waals surface area (Å²) in [5.74, 6) is 2.29. The minimum Gasteiger partial charge on any atom is -0.493 e. The standard InChI is InChI=1S/C30H49NO7Si2/c1-33-25-15-22-9-10-31-29(32)17-23-16-27(37-20-35-11-13-39(3,4)5)28(38-21-36-12-14-40(6,7)8)19-30(23,31)24(22)18-26(25)34-2/h15,18-19,23,27H,9-14,16-17,20-21H2,1-8H3/t23?,27-,30+/m1/s1. The highest BCUT2D eigenvalue weighted by molar-refractivity contribution is 6.76. The van der Waals surface area contributed by atoms with Gasteiger partial charge in [-0.3, -0.25) is 4.79 Å². The van der Waals surface area contributed by atoms with E-state index in [2.05, 4.69) is 51.4 Å². The highest BCUT2D eigenvalue weighted by Crippen LogP contribution is 2.55. The van der Waals surface area contributed by atoms with Gasteiger partial charge in [-0.25, -0.2) is 0 Å². The van der Waals surface area contributed by atoms with Crippen LogP contribution in [0, 0.1) is 5.92 Å². The Morgan fingerprint density at radius 3 is 2.17 bits per heavy atom. The number of benzene rings is 1. The largest absolute Gasteiger partial charge is 0.493 e. The Labute approximate surface area is 242 Å². The first-order valence-corrected chi connectivity index (χ1v) is 22.0. The highest BCUT2D eigenvalue weighted by atomic mass is 28.3. The van der Waals surface area contributed by atoms with E-state index in [4.69, 9.17) is 28.4 Å². The SMILES string of the molecule is COc1cc2c(cc1OC)[C@]13C=C(OCOCC[Si](C)(C)C)[C@H](OCOCC[Si](C)(C)C)CC1CC(=O)N3CC2. The molecular formula is C30H49NO7Si2. The maximum Gasteiger partial charge on any atom is 0.223 e. The fourth-order valence-electron chi connectivity index (χ4n) is 5.93. The van der Waals surface area contributed by atoms with Gasteiger partial charge in [-0.2, -0.15) is 0 Å². The van der Waals surface area contributed by atoms with Crippen LogP contribution >= 0.6 is 0 Å². The summed E-state index contributed by atoms with van der Waals surface area (Å²) in [5, 5.41) is 0. The van der Waals surface area contributed by atoms with Crippen molar-refractivity contribution in [1.29, 1.82) is 0 Å². The number of amides is 1. The van der Waals surface area contributed by atoms with Gasteiger partial charge in [-0.1, -0.05) is 39.3 Å². The van der Waals surface area contributed by atoms with Gasteiger partial charge in [0, 0.05) is 48.2 Å². The van der Waals surface area contributed by atoms with Crippen LogP contribution in [0.2, 0.25) is 51.4 Å². The van der Waals surface area contributed by atoms with Crippen molar-refractivity contribution >= 4 is 22.1 Å². The van der Waals surface area contributed by atoms with Crippen molar-refractivity contribution in [1.82, 2.24) is 4.90 Å². The summed E-state index contributed by atoms with van der Waals surface area (Å²) < 4.78 is 35.7. The van der Waals surface area contributed by atoms with E-state index in [1.165, 1.54) is 5.56 Å². The van der Waals surface area contributed by atoms with Crippen LogP contribution < -0.4 is 9.47 Å². The number of hydrogen-bond acceptors (Lipinski definition) is 7.